The number of nitriles is 1. The zero-order chi connectivity index (χ0) is 15.0. The minimum Gasteiger partial charge on any atom is -0.212 e. The molecule has 0 saturated carbocycles. The second-order valence-electron chi connectivity index (χ2n) is 3.25. The zero-order valence-electron chi connectivity index (χ0n) is 8.63. The van der Waals surface area contributed by atoms with Crippen molar-refractivity contribution in [1.82, 2.24) is 4.98 Å². The predicted molar refractivity (Wildman–Crippen MR) is 43.5 cm³/mol. The first-order valence-corrected chi connectivity index (χ1v) is 4.39. The van der Waals surface area contributed by atoms with Crippen molar-refractivity contribution in [2.24, 2.45) is 0 Å². The van der Waals surface area contributed by atoms with E-state index in [4.69, 9.17) is 5.26 Å². The molecule has 0 radical (unpaired) electrons. The molecule has 0 aliphatic heterocycles. The number of aromatic nitrogens is 1. The average Bonchev–Trinajstić information content (AvgIpc) is 2.19. The van der Waals surface area contributed by atoms with Crippen molar-refractivity contribution in [3.05, 3.63) is 28.6 Å². The molecule has 2 nitrogen and oxygen atoms in total. The first-order valence-electron chi connectivity index (χ1n) is 4.39. The third kappa shape index (κ3) is 2.91. The van der Waals surface area contributed by atoms with Gasteiger partial charge in [0.1, 0.15) is 5.56 Å². The highest BCUT2D eigenvalue weighted by atomic mass is 19.4. The highest BCUT2D eigenvalue weighted by Crippen LogP contribution is 2.40. The molecular formula is C9H2F8N2. The molecule has 0 saturated heterocycles. The highest BCUT2D eigenvalue weighted by Gasteiger charge is 2.46. The molecule has 104 valence electrons. The molecule has 0 atom stereocenters. The van der Waals surface area contributed by atoms with Crippen LogP contribution in [0.15, 0.2) is 0 Å². The van der Waals surface area contributed by atoms with Crippen molar-refractivity contribution in [3.8, 4) is 6.07 Å². The van der Waals surface area contributed by atoms with E-state index in [0.29, 0.717) is 0 Å². The molecule has 1 heterocycles. The molecule has 10 heteroatoms. The summed E-state index contributed by atoms with van der Waals surface area (Å²) in [4.78, 5) is 2.12. The fourth-order valence-corrected chi connectivity index (χ4v) is 1.29. The molecule has 1 aromatic rings. The maximum atomic E-state index is 13.2. The Bertz CT molecular complexity index is 537. The normalized spacial score (nSPS) is 12.4. The SMILES string of the molecule is N#CCc1c(F)nc(C(F)(F)F)c(F)c1C(F)(F)F. The van der Waals surface area contributed by atoms with Crippen LogP contribution in [-0.2, 0) is 18.8 Å². The fourth-order valence-electron chi connectivity index (χ4n) is 1.29. The minimum atomic E-state index is -5.59. The third-order valence-corrected chi connectivity index (χ3v) is 2.00. The summed E-state index contributed by atoms with van der Waals surface area (Å²) in [6, 6.07) is 1.09. The van der Waals surface area contributed by atoms with Crippen LogP contribution in [-0.4, -0.2) is 4.98 Å². The zero-order valence-corrected chi connectivity index (χ0v) is 8.63. The number of pyridine rings is 1. The number of rotatable bonds is 1. The lowest BCUT2D eigenvalue weighted by molar-refractivity contribution is -0.151. The Hall–Kier alpha value is -1.92. The van der Waals surface area contributed by atoms with Gasteiger partial charge in [-0.05, 0) is 0 Å². The van der Waals surface area contributed by atoms with Gasteiger partial charge in [-0.1, -0.05) is 0 Å². The van der Waals surface area contributed by atoms with E-state index >= 15 is 0 Å². The van der Waals surface area contributed by atoms with Gasteiger partial charge in [-0.25, -0.2) is 9.37 Å². The number of hydrogen-bond acceptors (Lipinski definition) is 2. The summed E-state index contributed by atoms with van der Waals surface area (Å²) in [6.07, 6.45) is -12.4. The Labute approximate surface area is 99.8 Å². The van der Waals surface area contributed by atoms with Crippen molar-refractivity contribution in [2.75, 3.05) is 0 Å². The largest absolute Gasteiger partial charge is 0.436 e. The topological polar surface area (TPSA) is 36.7 Å². The number of hydrogen-bond donors (Lipinski definition) is 0. The van der Waals surface area contributed by atoms with Crippen LogP contribution in [0.5, 0.6) is 0 Å². The van der Waals surface area contributed by atoms with E-state index in [-0.39, 0.29) is 0 Å². The minimum absolute atomic E-state index is 1.09. The summed E-state index contributed by atoms with van der Waals surface area (Å²) in [5, 5.41) is 8.20. The summed E-state index contributed by atoms with van der Waals surface area (Å²) in [5.74, 6) is -4.92. The van der Waals surface area contributed by atoms with Gasteiger partial charge in [0, 0.05) is 5.56 Å². The lowest BCUT2D eigenvalue weighted by Crippen LogP contribution is -2.21. The standard InChI is InChI=1S/C9H2F8N2/c10-5-4(8(12,13)14)3(1-2-18)7(11)19-6(5)9(15,16)17/h1H2. The summed E-state index contributed by atoms with van der Waals surface area (Å²) in [6.45, 7) is 0. The summed E-state index contributed by atoms with van der Waals surface area (Å²) < 4.78 is 100. The Kier molecular flexibility index (Phi) is 3.70. The summed E-state index contributed by atoms with van der Waals surface area (Å²) >= 11 is 0. The molecule has 0 aliphatic carbocycles. The van der Waals surface area contributed by atoms with Crippen LogP contribution in [0.4, 0.5) is 35.1 Å². The van der Waals surface area contributed by atoms with Gasteiger partial charge >= 0.3 is 12.4 Å². The number of alkyl halides is 6. The molecule has 1 rings (SSSR count). The number of nitrogens with zero attached hydrogens (tertiary/aromatic N) is 2. The molecule has 0 spiro atoms. The molecule has 0 fully saturated rings. The summed E-state index contributed by atoms with van der Waals surface area (Å²) in [5.41, 5.74) is -6.63. The van der Waals surface area contributed by atoms with Crippen LogP contribution in [0, 0.1) is 23.1 Å². The molecule has 0 aromatic carbocycles. The van der Waals surface area contributed by atoms with Crippen LogP contribution < -0.4 is 0 Å². The highest BCUT2D eigenvalue weighted by molar-refractivity contribution is 5.35. The Morgan fingerprint density at radius 3 is 1.89 bits per heavy atom. The van der Waals surface area contributed by atoms with Gasteiger partial charge < -0.3 is 0 Å². The first kappa shape index (κ1) is 15.1. The van der Waals surface area contributed by atoms with E-state index in [2.05, 4.69) is 4.98 Å². The second-order valence-corrected chi connectivity index (χ2v) is 3.25. The third-order valence-electron chi connectivity index (χ3n) is 2.00. The van der Waals surface area contributed by atoms with Gasteiger partial charge in [0.15, 0.2) is 11.5 Å². The number of halogens is 8. The van der Waals surface area contributed by atoms with E-state index in [1.165, 1.54) is 0 Å². The van der Waals surface area contributed by atoms with Crippen molar-refractivity contribution < 1.29 is 35.1 Å². The quantitative estimate of drug-likeness (QED) is 0.586. The second kappa shape index (κ2) is 4.64. The van der Waals surface area contributed by atoms with Gasteiger partial charge in [0.2, 0.25) is 5.95 Å². The van der Waals surface area contributed by atoms with Crippen LogP contribution in [0.1, 0.15) is 16.8 Å². The van der Waals surface area contributed by atoms with Crippen LogP contribution in [0.25, 0.3) is 0 Å². The fraction of sp³-hybridized carbons (Fsp3) is 0.333. The molecule has 19 heavy (non-hydrogen) atoms. The van der Waals surface area contributed by atoms with Crippen molar-refractivity contribution in [2.45, 2.75) is 18.8 Å². The maximum absolute atomic E-state index is 13.2. The molecule has 0 aliphatic rings. The Balaban J connectivity index is 3.74. The first-order chi connectivity index (χ1) is 8.50. The molecule has 0 unspecified atom stereocenters. The molecular weight excluding hydrogens is 288 g/mol. The predicted octanol–water partition coefficient (Wildman–Crippen LogP) is 3.46. The van der Waals surface area contributed by atoms with Crippen LogP contribution >= 0.6 is 0 Å². The molecule has 0 bridgehead atoms. The van der Waals surface area contributed by atoms with Gasteiger partial charge in [-0.2, -0.15) is 36.0 Å². The van der Waals surface area contributed by atoms with E-state index in [1.54, 1.807) is 0 Å². The van der Waals surface area contributed by atoms with Crippen molar-refractivity contribution in [3.63, 3.8) is 0 Å². The molecule has 0 N–H and O–H groups in total. The smallest absolute Gasteiger partial charge is 0.212 e. The van der Waals surface area contributed by atoms with E-state index < -0.39 is 47.4 Å². The Morgan fingerprint density at radius 2 is 1.53 bits per heavy atom. The van der Waals surface area contributed by atoms with E-state index in [1.807, 2.05) is 0 Å². The van der Waals surface area contributed by atoms with Crippen molar-refractivity contribution >= 4 is 0 Å². The van der Waals surface area contributed by atoms with Crippen LogP contribution in [0.2, 0.25) is 0 Å². The van der Waals surface area contributed by atoms with Crippen molar-refractivity contribution in [1.29, 1.82) is 5.26 Å². The van der Waals surface area contributed by atoms with Gasteiger partial charge in [-0.3, -0.25) is 0 Å². The van der Waals surface area contributed by atoms with Gasteiger partial charge in [-0.15, -0.1) is 0 Å². The Morgan fingerprint density at radius 1 is 1.00 bits per heavy atom. The monoisotopic (exact) mass is 290 g/mol. The molecule has 1 aromatic heterocycles. The molecule has 0 amide bonds. The maximum Gasteiger partial charge on any atom is 0.436 e. The van der Waals surface area contributed by atoms with E-state index in [0.717, 1.165) is 6.07 Å². The van der Waals surface area contributed by atoms with Crippen LogP contribution in [0.3, 0.4) is 0 Å². The van der Waals surface area contributed by atoms with E-state index in [9.17, 15) is 35.1 Å². The van der Waals surface area contributed by atoms with Gasteiger partial charge in [0.05, 0.1) is 12.5 Å². The average molecular weight is 290 g/mol. The lowest BCUT2D eigenvalue weighted by atomic mass is 10.0. The summed E-state index contributed by atoms with van der Waals surface area (Å²) in [7, 11) is 0. The lowest BCUT2D eigenvalue weighted by Gasteiger charge is -2.16. The van der Waals surface area contributed by atoms with Gasteiger partial charge in [0.25, 0.3) is 0 Å².